The lowest BCUT2D eigenvalue weighted by molar-refractivity contribution is -0.113. The van der Waals surface area contributed by atoms with E-state index in [4.69, 9.17) is 11.5 Å². The van der Waals surface area contributed by atoms with Gasteiger partial charge < -0.3 is 10.0 Å². The smallest absolute Gasteiger partial charge is 0.336 e. The number of rotatable bonds is 1. The first-order chi connectivity index (χ1) is 8.15. The van der Waals surface area contributed by atoms with Gasteiger partial charge in [-0.05, 0) is 36.5 Å². The lowest BCUT2D eigenvalue weighted by atomic mass is 9.96. The predicted molar refractivity (Wildman–Crippen MR) is 62.9 cm³/mol. The minimum atomic E-state index is -0.975. The minimum absolute atomic E-state index is 0.247. The third kappa shape index (κ3) is 1.87. The molecule has 0 spiro atoms. The van der Waals surface area contributed by atoms with Crippen LogP contribution < -0.4 is 4.90 Å². The van der Waals surface area contributed by atoms with Crippen LogP contribution in [0.25, 0.3) is 0 Å². The molecular formula is C13H11NO3. The molecule has 0 aromatic heterocycles. The molecule has 86 valence electrons. The van der Waals surface area contributed by atoms with Gasteiger partial charge in [-0.15, -0.1) is 6.42 Å². The summed E-state index contributed by atoms with van der Waals surface area (Å²) in [6.07, 6.45) is 6.49. The molecule has 0 bridgehead atoms. The summed E-state index contributed by atoms with van der Waals surface area (Å²) in [4.78, 5) is 24.1. The minimum Gasteiger partial charge on any atom is -0.478 e. The van der Waals surface area contributed by atoms with Gasteiger partial charge in [-0.2, -0.15) is 0 Å². The van der Waals surface area contributed by atoms with Crippen molar-refractivity contribution >= 4 is 17.6 Å². The fourth-order valence-corrected chi connectivity index (χ4v) is 2.11. The van der Waals surface area contributed by atoms with E-state index in [9.17, 15) is 9.59 Å². The summed E-state index contributed by atoms with van der Waals surface area (Å²) in [6, 6.07) is 4.91. The Hall–Kier alpha value is -2.28. The van der Waals surface area contributed by atoms with Gasteiger partial charge in [0.05, 0.1) is 5.56 Å². The van der Waals surface area contributed by atoms with E-state index in [0.29, 0.717) is 24.2 Å². The highest BCUT2D eigenvalue weighted by atomic mass is 16.4. The highest BCUT2D eigenvalue weighted by Gasteiger charge is 2.24. The van der Waals surface area contributed by atoms with Crippen molar-refractivity contribution in [1.82, 2.24) is 0 Å². The highest BCUT2D eigenvalue weighted by molar-refractivity contribution is 6.07. The van der Waals surface area contributed by atoms with Gasteiger partial charge in [-0.25, -0.2) is 4.79 Å². The van der Waals surface area contributed by atoms with Gasteiger partial charge in [0.2, 0.25) is 0 Å². The van der Waals surface area contributed by atoms with Gasteiger partial charge in [0.25, 0.3) is 0 Å². The first-order valence-corrected chi connectivity index (χ1v) is 5.28. The topological polar surface area (TPSA) is 57.6 Å². The Morgan fingerprint density at radius 2 is 2.18 bits per heavy atom. The van der Waals surface area contributed by atoms with Crippen LogP contribution in [0.5, 0.6) is 0 Å². The number of fused-ring (bicyclic) bond motifs is 1. The molecule has 0 saturated carbocycles. The van der Waals surface area contributed by atoms with Crippen molar-refractivity contribution in [1.29, 1.82) is 0 Å². The van der Waals surface area contributed by atoms with Crippen LogP contribution in [0.15, 0.2) is 18.2 Å². The molecule has 0 saturated heterocycles. The Kier molecular flexibility index (Phi) is 2.84. The maximum atomic E-state index is 11.6. The summed E-state index contributed by atoms with van der Waals surface area (Å²) in [7, 11) is 0. The van der Waals surface area contributed by atoms with Gasteiger partial charge in [0, 0.05) is 12.2 Å². The van der Waals surface area contributed by atoms with Crippen LogP contribution in [0.1, 0.15) is 22.3 Å². The van der Waals surface area contributed by atoms with Crippen LogP contribution in [0.3, 0.4) is 0 Å². The van der Waals surface area contributed by atoms with Crippen LogP contribution in [0.4, 0.5) is 5.69 Å². The van der Waals surface area contributed by atoms with Gasteiger partial charge in [-0.3, -0.25) is 4.79 Å². The van der Waals surface area contributed by atoms with Crippen molar-refractivity contribution < 1.29 is 14.7 Å². The molecule has 4 heteroatoms. The molecule has 1 N–H and O–H groups in total. The number of aromatic carboxylic acids is 1. The van der Waals surface area contributed by atoms with E-state index in [-0.39, 0.29) is 5.56 Å². The fraction of sp³-hybridized carbons (Fsp3) is 0.231. The summed E-state index contributed by atoms with van der Waals surface area (Å²) >= 11 is 0. The van der Waals surface area contributed by atoms with Crippen molar-refractivity contribution in [2.24, 2.45) is 0 Å². The standard InChI is InChI=1S/C13H11NO3/c1-2-12(15)14-8-4-6-9-10(13(16)17)5-3-7-11(9)14/h1,3,5,7H,4,6,8H2,(H,16,17). The van der Waals surface area contributed by atoms with Crippen LogP contribution >= 0.6 is 0 Å². The Morgan fingerprint density at radius 1 is 1.41 bits per heavy atom. The third-order valence-corrected chi connectivity index (χ3v) is 2.85. The molecule has 1 aromatic rings. The van der Waals surface area contributed by atoms with Crippen LogP contribution in [0.2, 0.25) is 0 Å². The van der Waals surface area contributed by atoms with E-state index < -0.39 is 11.9 Å². The zero-order valence-electron chi connectivity index (χ0n) is 9.14. The Bertz CT molecular complexity index is 528. The second kappa shape index (κ2) is 4.30. The normalized spacial score (nSPS) is 13.7. The number of terminal acetylenes is 1. The number of nitrogens with zero attached hydrogens (tertiary/aromatic N) is 1. The third-order valence-electron chi connectivity index (χ3n) is 2.85. The van der Waals surface area contributed by atoms with Crippen LogP contribution in [0, 0.1) is 12.3 Å². The monoisotopic (exact) mass is 229 g/mol. The number of carbonyl (C=O) groups is 2. The number of benzene rings is 1. The van der Waals surface area contributed by atoms with Crippen molar-refractivity contribution in [2.45, 2.75) is 12.8 Å². The summed E-state index contributed by atoms with van der Waals surface area (Å²) in [5.41, 5.74) is 1.56. The summed E-state index contributed by atoms with van der Waals surface area (Å²) in [6.45, 7) is 0.541. The number of anilines is 1. The Morgan fingerprint density at radius 3 is 2.82 bits per heavy atom. The number of hydrogen-bond donors (Lipinski definition) is 1. The van der Waals surface area contributed by atoms with Crippen molar-refractivity contribution in [3.63, 3.8) is 0 Å². The SMILES string of the molecule is C#CC(=O)N1CCCc2c(C(=O)O)cccc21. The largest absolute Gasteiger partial charge is 0.478 e. The van der Waals surface area contributed by atoms with Crippen LogP contribution in [-0.4, -0.2) is 23.5 Å². The molecule has 17 heavy (non-hydrogen) atoms. The number of amides is 1. The molecule has 1 aliphatic rings. The zero-order chi connectivity index (χ0) is 12.4. The highest BCUT2D eigenvalue weighted by Crippen LogP contribution is 2.29. The maximum absolute atomic E-state index is 11.6. The van der Waals surface area contributed by atoms with E-state index in [2.05, 4.69) is 5.92 Å². The lowest BCUT2D eigenvalue weighted by Gasteiger charge is -2.28. The Balaban J connectivity index is 2.54. The van der Waals surface area contributed by atoms with E-state index in [0.717, 1.165) is 6.42 Å². The summed E-state index contributed by atoms with van der Waals surface area (Å²) in [5.74, 6) is 0.666. The van der Waals surface area contributed by atoms with E-state index in [1.165, 1.54) is 4.90 Å². The average molecular weight is 229 g/mol. The maximum Gasteiger partial charge on any atom is 0.336 e. The molecule has 0 atom stereocenters. The molecule has 2 rings (SSSR count). The molecule has 0 radical (unpaired) electrons. The number of carboxylic acids is 1. The van der Waals surface area contributed by atoms with Gasteiger partial charge in [0.15, 0.2) is 0 Å². The predicted octanol–water partition coefficient (Wildman–Crippen LogP) is 1.30. The lowest BCUT2D eigenvalue weighted by Crippen LogP contribution is -2.35. The molecule has 1 amide bonds. The quantitative estimate of drug-likeness (QED) is 0.738. The molecule has 1 heterocycles. The molecular weight excluding hydrogens is 218 g/mol. The van der Waals surface area contributed by atoms with Crippen molar-refractivity contribution in [2.75, 3.05) is 11.4 Å². The summed E-state index contributed by atoms with van der Waals surface area (Å²) < 4.78 is 0. The number of carbonyl (C=O) groups excluding carboxylic acids is 1. The average Bonchev–Trinajstić information content (AvgIpc) is 2.36. The van der Waals surface area contributed by atoms with Crippen LogP contribution in [-0.2, 0) is 11.2 Å². The zero-order valence-corrected chi connectivity index (χ0v) is 9.14. The molecule has 1 aromatic carbocycles. The van der Waals surface area contributed by atoms with Gasteiger partial charge in [-0.1, -0.05) is 6.07 Å². The van der Waals surface area contributed by atoms with Crippen molar-refractivity contribution in [3.05, 3.63) is 29.3 Å². The number of carboxylic acid groups (broad SMARTS) is 1. The van der Waals surface area contributed by atoms with Crippen molar-refractivity contribution in [3.8, 4) is 12.3 Å². The molecule has 0 unspecified atom stereocenters. The van der Waals surface area contributed by atoms with E-state index in [1.54, 1.807) is 18.2 Å². The van der Waals surface area contributed by atoms with Gasteiger partial charge in [0.1, 0.15) is 0 Å². The van der Waals surface area contributed by atoms with Gasteiger partial charge >= 0.3 is 11.9 Å². The first-order valence-electron chi connectivity index (χ1n) is 5.28. The van der Waals surface area contributed by atoms with E-state index >= 15 is 0 Å². The fourth-order valence-electron chi connectivity index (χ4n) is 2.11. The second-order valence-corrected chi connectivity index (χ2v) is 3.81. The molecule has 1 aliphatic heterocycles. The summed E-state index contributed by atoms with van der Waals surface area (Å²) in [5, 5.41) is 9.08. The Labute approximate surface area is 98.9 Å². The van der Waals surface area contributed by atoms with E-state index in [1.807, 2.05) is 0 Å². The first kappa shape index (κ1) is 11.2. The second-order valence-electron chi connectivity index (χ2n) is 3.81. The molecule has 0 fully saturated rings. The number of hydrogen-bond acceptors (Lipinski definition) is 2. The molecule has 4 nitrogen and oxygen atoms in total. The molecule has 0 aliphatic carbocycles.